The number of hydrogen-bond acceptors (Lipinski definition) is 2. The van der Waals surface area contributed by atoms with Crippen LogP contribution in [0.25, 0.3) is 0 Å². The number of benzene rings is 2. The Balaban J connectivity index is 1.79. The highest BCUT2D eigenvalue weighted by Gasteiger charge is 2.17. The Morgan fingerprint density at radius 3 is 2.33 bits per heavy atom. The predicted octanol–water partition coefficient (Wildman–Crippen LogP) is 5.58. The predicted molar refractivity (Wildman–Crippen MR) is 104 cm³/mol. The van der Waals surface area contributed by atoms with E-state index >= 15 is 0 Å². The summed E-state index contributed by atoms with van der Waals surface area (Å²) in [7, 11) is 0. The number of hydrogen-bond donors (Lipinski definition) is 1. The summed E-state index contributed by atoms with van der Waals surface area (Å²) in [5.74, 6) is 1.19. The molecule has 0 aliphatic carbocycles. The monoisotopic (exact) mass is 366 g/mol. The number of carbonyl (C=O) groups excluding carboxylic acids is 1. The maximum atomic E-state index is 13.2. The van der Waals surface area contributed by atoms with Crippen LogP contribution in [0.15, 0.2) is 59.0 Å². The molecular formula is C22H23FN2O2. The van der Waals surface area contributed by atoms with Crippen LogP contribution in [0.2, 0.25) is 0 Å². The van der Waals surface area contributed by atoms with Gasteiger partial charge >= 0.3 is 6.03 Å². The normalized spacial score (nSPS) is 10.7. The molecule has 3 rings (SSSR count). The number of aryl methyl sites for hydroxylation is 3. The second-order valence-electron chi connectivity index (χ2n) is 6.72. The van der Waals surface area contributed by atoms with Crippen LogP contribution in [-0.2, 0) is 13.1 Å². The van der Waals surface area contributed by atoms with Gasteiger partial charge in [-0.1, -0.05) is 18.2 Å². The zero-order chi connectivity index (χ0) is 19.4. The first-order valence-corrected chi connectivity index (χ1v) is 8.83. The van der Waals surface area contributed by atoms with Crippen LogP contribution >= 0.6 is 0 Å². The first-order valence-electron chi connectivity index (χ1n) is 8.83. The molecule has 0 saturated carbocycles. The summed E-state index contributed by atoms with van der Waals surface area (Å²) in [5, 5.41) is 2.94. The molecule has 0 saturated heterocycles. The van der Waals surface area contributed by atoms with E-state index in [1.807, 2.05) is 51.1 Å². The van der Waals surface area contributed by atoms with Crippen molar-refractivity contribution < 1.29 is 13.6 Å². The summed E-state index contributed by atoms with van der Waals surface area (Å²) < 4.78 is 18.8. The van der Waals surface area contributed by atoms with E-state index in [1.165, 1.54) is 17.7 Å². The van der Waals surface area contributed by atoms with E-state index in [4.69, 9.17) is 4.42 Å². The van der Waals surface area contributed by atoms with E-state index in [9.17, 15) is 9.18 Å². The van der Waals surface area contributed by atoms with Crippen molar-refractivity contribution in [3.05, 3.63) is 88.6 Å². The van der Waals surface area contributed by atoms with Crippen molar-refractivity contribution in [1.82, 2.24) is 4.90 Å². The van der Waals surface area contributed by atoms with Gasteiger partial charge in [-0.25, -0.2) is 9.18 Å². The SMILES string of the molecule is Cc1ccc(CN(Cc2ccc(F)cc2)C(=O)Nc2ccc(C)c(C)c2)o1. The summed E-state index contributed by atoms with van der Waals surface area (Å²) in [6.45, 7) is 6.56. The summed E-state index contributed by atoms with van der Waals surface area (Å²) >= 11 is 0. The minimum atomic E-state index is -0.299. The first-order chi connectivity index (χ1) is 12.9. The lowest BCUT2D eigenvalue weighted by Crippen LogP contribution is -2.34. The molecule has 5 heteroatoms. The van der Waals surface area contributed by atoms with Crippen molar-refractivity contribution in [2.45, 2.75) is 33.9 Å². The molecule has 1 heterocycles. The average Bonchev–Trinajstić information content (AvgIpc) is 3.04. The second-order valence-corrected chi connectivity index (χ2v) is 6.72. The summed E-state index contributed by atoms with van der Waals surface area (Å²) in [4.78, 5) is 14.5. The lowest BCUT2D eigenvalue weighted by Gasteiger charge is -2.22. The van der Waals surface area contributed by atoms with Gasteiger partial charge in [0, 0.05) is 12.2 Å². The fraction of sp³-hybridized carbons (Fsp3) is 0.227. The average molecular weight is 366 g/mol. The Kier molecular flexibility index (Phi) is 5.60. The quantitative estimate of drug-likeness (QED) is 0.641. The molecule has 1 N–H and O–H groups in total. The van der Waals surface area contributed by atoms with Gasteiger partial charge in [0.1, 0.15) is 17.3 Å². The molecule has 0 radical (unpaired) electrons. The molecule has 0 atom stereocenters. The standard InChI is InChI=1S/C22H23FN2O2/c1-15-4-10-20(12-16(15)2)24-22(26)25(14-21-11-5-17(3)27-21)13-18-6-8-19(23)9-7-18/h4-12H,13-14H2,1-3H3,(H,24,26). The Morgan fingerprint density at radius 1 is 0.963 bits per heavy atom. The van der Waals surface area contributed by atoms with E-state index in [0.717, 1.165) is 22.6 Å². The minimum absolute atomic E-state index is 0.239. The third-order valence-electron chi connectivity index (χ3n) is 4.47. The van der Waals surface area contributed by atoms with Crippen LogP contribution < -0.4 is 5.32 Å². The maximum Gasteiger partial charge on any atom is 0.322 e. The van der Waals surface area contributed by atoms with Crippen LogP contribution in [0.3, 0.4) is 0 Å². The summed E-state index contributed by atoms with van der Waals surface area (Å²) in [5.41, 5.74) is 3.86. The highest BCUT2D eigenvalue weighted by molar-refractivity contribution is 5.89. The number of nitrogens with zero attached hydrogens (tertiary/aromatic N) is 1. The lowest BCUT2D eigenvalue weighted by molar-refractivity contribution is 0.201. The number of anilines is 1. The van der Waals surface area contributed by atoms with Crippen molar-refractivity contribution in [3.8, 4) is 0 Å². The third kappa shape index (κ3) is 4.97. The molecule has 3 aromatic rings. The molecule has 0 aliphatic heterocycles. The van der Waals surface area contributed by atoms with Crippen LogP contribution in [0.4, 0.5) is 14.9 Å². The minimum Gasteiger partial charge on any atom is -0.464 e. The number of urea groups is 1. The molecule has 0 spiro atoms. The number of furan rings is 1. The molecule has 0 aliphatic rings. The molecule has 140 valence electrons. The van der Waals surface area contributed by atoms with Crippen molar-refractivity contribution in [1.29, 1.82) is 0 Å². The third-order valence-corrected chi connectivity index (χ3v) is 4.47. The maximum absolute atomic E-state index is 13.2. The zero-order valence-electron chi connectivity index (χ0n) is 15.8. The lowest BCUT2D eigenvalue weighted by atomic mass is 10.1. The summed E-state index contributed by atoms with van der Waals surface area (Å²) in [6, 6.07) is 15.4. The fourth-order valence-corrected chi connectivity index (χ4v) is 2.79. The number of carbonyl (C=O) groups is 1. The second kappa shape index (κ2) is 8.08. The van der Waals surface area contributed by atoms with Crippen molar-refractivity contribution in [2.75, 3.05) is 5.32 Å². The highest BCUT2D eigenvalue weighted by atomic mass is 19.1. The summed E-state index contributed by atoms with van der Waals surface area (Å²) in [6.07, 6.45) is 0. The van der Waals surface area contributed by atoms with Gasteiger partial charge in [-0.2, -0.15) is 0 Å². The van der Waals surface area contributed by atoms with Gasteiger partial charge in [0.25, 0.3) is 0 Å². The van der Waals surface area contributed by atoms with Gasteiger partial charge < -0.3 is 14.6 Å². The molecule has 0 unspecified atom stereocenters. The van der Waals surface area contributed by atoms with E-state index in [0.29, 0.717) is 18.8 Å². The molecule has 4 nitrogen and oxygen atoms in total. The number of nitrogens with one attached hydrogen (secondary N) is 1. The van der Waals surface area contributed by atoms with Crippen molar-refractivity contribution in [2.24, 2.45) is 0 Å². The zero-order valence-corrected chi connectivity index (χ0v) is 15.8. The molecule has 27 heavy (non-hydrogen) atoms. The Hall–Kier alpha value is -3.08. The van der Waals surface area contributed by atoms with Crippen molar-refractivity contribution >= 4 is 11.7 Å². The molecular weight excluding hydrogens is 343 g/mol. The van der Waals surface area contributed by atoms with Gasteiger partial charge in [-0.15, -0.1) is 0 Å². The molecule has 1 aromatic heterocycles. The van der Waals surface area contributed by atoms with Gasteiger partial charge in [0.2, 0.25) is 0 Å². The van der Waals surface area contributed by atoms with Gasteiger partial charge in [0.15, 0.2) is 0 Å². The van der Waals surface area contributed by atoms with Crippen LogP contribution in [-0.4, -0.2) is 10.9 Å². The van der Waals surface area contributed by atoms with E-state index in [2.05, 4.69) is 5.32 Å². The molecule has 2 aromatic carbocycles. The Bertz CT molecular complexity index is 932. The Morgan fingerprint density at radius 2 is 1.70 bits per heavy atom. The van der Waals surface area contributed by atoms with Crippen LogP contribution in [0.1, 0.15) is 28.2 Å². The molecule has 2 amide bonds. The largest absolute Gasteiger partial charge is 0.464 e. The van der Waals surface area contributed by atoms with Crippen LogP contribution in [0.5, 0.6) is 0 Å². The molecule has 0 fully saturated rings. The van der Waals surface area contributed by atoms with Gasteiger partial charge in [-0.05, 0) is 73.9 Å². The number of rotatable bonds is 5. The Labute approximate surface area is 158 Å². The van der Waals surface area contributed by atoms with Crippen LogP contribution in [0, 0.1) is 26.6 Å². The van der Waals surface area contributed by atoms with E-state index in [1.54, 1.807) is 17.0 Å². The smallest absolute Gasteiger partial charge is 0.322 e. The number of amides is 2. The molecule has 0 bridgehead atoms. The van der Waals surface area contributed by atoms with E-state index < -0.39 is 0 Å². The first kappa shape index (κ1) is 18.7. The van der Waals surface area contributed by atoms with Gasteiger partial charge in [0.05, 0.1) is 6.54 Å². The van der Waals surface area contributed by atoms with Crippen molar-refractivity contribution in [3.63, 3.8) is 0 Å². The highest BCUT2D eigenvalue weighted by Crippen LogP contribution is 2.18. The fourth-order valence-electron chi connectivity index (χ4n) is 2.79. The van der Waals surface area contributed by atoms with Gasteiger partial charge in [-0.3, -0.25) is 0 Å². The number of halogens is 1. The topological polar surface area (TPSA) is 45.5 Å². The van der Waals surface area contributed by atoms with E-state index in [-0.39, 0.29) is 11.8 Å².